The van der Waals surface area contributed by atoms with Crippen LogP contribution in [0.5, 0.6) is 11.5 Å². The second-order valence-electron chi connectivity index (χ2n) is 11.9. The van der Waals surface area contributed by atoms with Crippen molar-refractivity contribution in [2.45, 2.75) is 24.8 Å². The zero-order chi connectivity index (χ0) is 30.9. The lowest BCUT2D eigenvalue weighted by Gasteiger charge is -2.37. The average molecular weight is 607 g/mol. The van der Waals surface area contributed by atoms with Gasteiger partial charge in [0.1, 0.15) is 17.3 Å². The second-order valence-corrected chi connectivity index (χ2v) is 11.9. The highest BCUT2D eigenvalue weighted by atomic mass is 19.1. The molecule has 8 nitrogen and oxygen atoms in total. The molecule has 3 amide bonds. The van der Waals surface area contributed by atoms with E-state index in [1.807, 2.05) is 12.1 Å². The van der Waals surface area contributed by atoms with E-state index in [0.29, 0.717) is 24.4 Å². The molecular weight excluding hydrogens is 571 g/mol. The molecule has 0 unspecified atom stereocenters. The average Bonchev–Trinajstić information content (AvgIpc) is 3.06. The molecule has 2 N–H and O–H groups in total. The molecule has 9 heteroatoms. The normalized spacial score (nSPS) is 20.4. The molecule has 45 heavy (non-hydrogen) atoms. The van der Waals surface area contributed by atoms with E-state index in [1.165, 1.54) is 22.1 Å². The van der Waals surface area contributed by atoms with Crippen molar-refractivity contribution in [1.29, 1.82) is 0 Å². The minimum atomic E-state index is -0.517. The van der Waals surface area contributed by atoms with E-state index in [2.05, 4.69) is 63.6 Å². The topological polar surface area (TPSA) is 85.4 Å². The number of carbonyl (C=O) groups excluding carboxylic acids is 2. The molecule has 2 saturated heterocycles. The molecule has 3 heterocycles. The number of nitrogens with zero attached hydrogens (tertiary/aromatic N) is 3. The lowest BCUT2D eigenvalue weighted by atomic mass is 9.76. The Morgan fingerprint density at radius 3 is 2.31 bits per heavy atom. The smallest absolute Gasteiger partial charge is 0.328 e. The largest absolute Gasteiger partial charge is 0.508 e. The molecule has 0 spiro atoms. The minimum absolute atomic E-state index is 0.0933. The van der Waals surface area contributed by atoms with Gasteiger partial charge in [0.25, 0.3) is 0 Å². The van der Waals surface area contributed by atoms with E-state index in [-0.39, 0.29) is 42.3 Å². The van der Waals surface area contributed by atoms with Gasteiger partial charge in [-0.2, -0.15) is 0 Å². The number of urea groups is 1. The maximum absolute atomic E-state index is 15.1. The summed E-state index contributed by atoms with van der Waals surface area (Å²) in [5.41, 5.74) is 5.69. The molecule has 230 valence electrons. The Bertz CT molecular complexity index is 1710. The summed E-state index contributed by atoms with van der Waals surface area (Å²) >= 11 is 0. The van der Waals surface area contributed by atoms with Crippen molar-refractivity contribution in [1.82, 2.24) is 10.2 Å². The fourth-order valence-corrected chi connectivity index (χ4v) is 6.74. The molecule has 4 aromatic carbocycles. The number of carbonyl (C=O) groups is 2. The lowest BCUT2D eigenvalue weighted by Crippen LogP contribution is -2.49. The number of benzene rings is 4. The van der Waals surface area contributed by atoms with Gasteiger partial charge in [-0.1, -0.05) is 54.6 Å². The zero-order valence-corrected chi connectivity index (χ0v) is 24.9. The number of aromatic hydroxyl groups is 1. The summed E-state index contributed by atoms with van der Waals surface area (Å²) in [6, 6.07) is 29.0. The van der Waals surface area contributed by atoms with E-state index in [9.17, 15) is 14.7 Å². The van der Waals surface area contributed by atoms with Gasteiger partial charge in [0.2, 0.25) is 5.91 Å². The lowest BCUT2D eigenvalue weighted by molar-refractivity contribution is -0.120. The van der Waals surface area contributed by atoms with Crippen LogP contribution < -0.4 is 19.9 Å². The first-order valence-corrected chi connectivity index (χ1v) is 15.4. The molecule has 0 aliphatic carbocycles. The van der Waals surface area contributed by atoms with Gasteiger partial charge in [0, 0.05) is 86.1 Å². The van der Waals surface area contributed by atoms with Crippen molar-refractivity contribution in [3.8, 4) is 11.5 Å². The van der Waals surface area contributed by atoms with Crippen LogP contribution >= 0.6 is 0 Å². The fourth-order valence-electron chi connectivity index (χ4n) is 6.74. The van der Waals surface area contributed by atoms with Gasteiger partial charge in [0.15, 0.2) is 0 Å². The van der Waals surface area contributed by atoms with Crippen LogP contribution in [0.15, 0.2) is 91.0 Å². The number of hydrogen-bond acceptors (Lipinski definition) is 6. The number of piperazine rings is 1. The summed E-state index contributed by atoms with van der Waals surface area (Å²) in [5.74, 6) is 0.502. The van der Waals surface area contributed by atoms with E-state index in [1.54, 1.807) is 24.3 Å². The SMILES string of the molecule is O=C1CCN(c2ccc(CN3CCN(c4ccc([C@@H]5c6ccc(O)cc6OC[C@@H]5c5ccccc5)cc4)CC3)c(F)c2)C(=O)N1. The van der Waals surface area contributed by atoms with Crippen molar-refractivity contribution in [3.05, 3.63) is 119 Å². The highest BCUT2D eigenvalue weighted by molar-refractivity contribution is 6.05. The van der Waals surface area contributed by atoms with Crippen LogP contribution in [0.2, 0.25) is 0 Å². The highest BCUT2D eigenvalue weighted by Crippen LogP contribution is 2.47. The van der Waals surface area contributed by atoms with Crippen molar-refractivity contribution in [2.24, 2.45) is 0 Å². The van der Waals surface area contributed by atoms with Crippen molar-refractivity contribution in [3.63, 3.8) is 0 Å². The maximum atomic E-state index is 15.1. The van der Waals surface area contributed by atoms with Gasteiger partial charge in [-0.05, 0) is 41.5 Å². The van der Waals surface area contributed by atoms with Crippen LogP contribution in [0.3, 0.4) is 0 Å². The molecule has 4 aromatic rings. The predicted octanol–water partition coefficient (Wildman–Crippen LogP) is 5.61. The van der Waals surface area contributed by atoms with Crippen molar-refractivity contribution >= 4 is 23.3 Å². The number of fused-ring (bicyclic) bond motifs is 1. The number of halogens is 1. The van der Waals surface area contributed by atoms with E-state index in [0.717, 1.165) is 43.2 Å². The highest BCUT2D eigenvalue weighted by Gasteiger charge is 2.34. The summed E-state index contributed by atoms with van der Waals surface area (Å²) in [4.78, 5) is 29.6. The molecule has 0 bridgehead atoms. The fraction of sp³-hybridized carbons (Fsp3) is 0.278. The summed E-state index contributed by atoms with van der Waals surface area (Å²) in [5, 5.41) is 12.3. The minimum Gasteiger partial charge on any atom is -0.508 e. The van der Waals surface area contributed by atoms with E-state index >= 15 is 4.39 Å². The Hall–Kier alpha value is -4.89. The van der Waals surface area contributed by atoms with Crippen LogP contribution in [0.25, 0.3) is 0 Å². The number of amides is 3. The summed E-state index contributed by atoms with van der Waals surface area (Å²) in [6.07, 6.45) is 0.200. The molecule has 2 atom stereocenters. The van der Waals surface area contributed by atoms with E-state index < -0.39 is 6.03 Å². The second kappa shape index (κ2) is 12.2. The van der Waals surface area contributed by atoms with Crippen LogP contribution in [-0.2, 0) is 11.3 Å². The number of nitrogens with one attached hydrogen (secondary N) is 1. The maximum Gasteiger partial charge on any atom is 0.328 e. The molecular formula is C36H35FN4O4. The van der Waals surface area contributed by atoms with Crippen LogP contribution in [0.4, 0.5) is 20.6 Å². The number of ether oxygens (including phenoxy) is 1. The molecule has 0 radical (unpaired) electrons. The van der Waals surface area contributed by atoms with E-state index in [4.69, 9.17) is 4.74 Å². The first-order valence-electron chi connectivity index (χ1n) is 15.4. The van der Waals surface area contributed by atoms with Crippen LogP contribution in [0, 0.1) is 5.82 Å². The van der Waals surface area contributed by atoms with Crippen LogP contribution in [0.1, 0.15) is 40.5 Å². The molecule has 0 aromatic heterocycles. The zero-order valence-electron chi connectivity index (χ0n) is 24.9. The number of imide groups is 1. The van der Waals surface area contributed by atoms with Gasteiger partial charge in [-0.3, -0.25) is 19.9 Å². The molecule has 7 rings (SSSR count). The number of anilines is 2. The Balaban J connectivity index is 1.01. The summed E-state index contributed by atoms with van der Waals surface area (Å²) in [6.45, 7) is 4.52. The van der Waals surface area contributed by atoms with Gasteiger partial charge < -0.3 is 14.7 Å². The first-order chi connectivity index (χ1) is 21.9. The molecule has 0 saturated carbocycles. The number of phenolic OH excluding ortho intramolecular Hbond substituents is 1. The van der Waals surface area contributed by atoms with Gasteiger partial charge in [-0.25, -0.2) is 9.18 Å². The first kappa shape index (κ1) is 28.9. The summed E-state index contributed by atoms with van der Waals surface area (Å²) < 4.78 is 21.2. The Morgan fingerprint density at radius 1 is 0.822 bits per heavy atom. The summed E-state index contributed by atoms with van der Waals surface area (Å²) in [7, 11) is 0. The number of hydrogen-bond donors (Lipinski definition) is 2. The van der Waals surface area contributed by atoms with Crippen molar-refractivity contribution in [2.75, 3.05) is 49.1 Å². The Kier molecular flexibility index (Phi) is 7.85. The predicted molar refractivity (Wildman–Crippen MR) is 170 cm³/mol. The van der Waals surface area contributed by atoms with Gasteiger partial charge in [0.05, 0.1) is 6.61 Å². The van der Waals surface area contributed by atoms with Crippen molar-refractivity contribution < 1.29 is 23.8 Å². The third-order valence-corrected chi connectivity index (χ3v) is 9.17. The molecule has 3 aliphatic heterocycles. The van der Waals surface area contributed by atoms with Gasteiger partial charge >= 0.3 is 6.03 Å². The third kappa shape index (κ3) is 5.95. The van der Waals surface area contributed by atoms with Gasteiger partial charge in [-0.15, -0.1) is 0 Å². The molecule has 3 aliphatic rings. The molecule has 2 fully saturated rings. The monoisotopic (exact) mass is 606 g/mol. The number of phenols is 1. The standard InChI is InChI=1S/C36H35FN4O4/c37-32-20-28(41-15-14-34(43)38-36(41)44)11-8-26(32)22-39-16-18-40(19-17-39)27-9-6-25(7-10-27)35-30-13-12-29(42)21-33(30)45-23-31(35)24-4-2-1-3-5-24/h1-13,20-21,31,35,42H,14-19,22-23H2,(H,38,43,44)/t31-,35-/m1/s1. The Morgan fingerprint density at radius 2 is 1.58 bits per heavy atom. The third-order valence-electron chi connectivity index (χ3n) is 9.17. The quantitative estimate of drug-likeness (QED) is 0.297. The Labute approximate surface area is 261 Å². The van der Waals surface area contributed by atoms with Crippen LogP contribution in [-0.4, -0.2) is 61.3 Å². The number of rotatable bonds is 6.